The van der Waals surface area contributed by atoms with Crippen LogP contribution in [0.3, 0.4) is 0 Å². The number of hydrogen-bond donors (Lipinski definition) is 1. The number of hydrogen-bond acceptors (Lipinski definition) is 2. The molecule has 3 heteroatoms. The van der Waals surface area contributed by atoms with Crippen molar-refractivity contribution in [1.82, 2.24) is 10.2 Å². The van der Waals surface area contributed by atoms with Gasteiger partial charge in [-0.15, -0.1) is 0 Å². The highest BCUT2D eigenvalue weighted by Gasteiger charge is 2.48. The molecule has 0 aromatic carbocycles. The van der Waals surface area contributed by atoms with Gasteiger partial charge in [-0.25, -0.2) is 0 Å². The van der Waals surface area contributed by atoms with Gasteiger partial charge in [0.15, 0.2) is 0 Å². The van der Waals surface area contributed by atoms with Gasteiger partial charge >= 0.3 is 0 Å². The first-order chi connectivity index (χ1) is 9.68. The molecule has 0 unspecified atom stereocenters. The van der Waals surface area contributed by atoms with E-state index in [2.05, 4.69) is 17.1 Å². The van der Waals surface area contributed by atoms with Crippen molar-refractivity contribution in [3.63, 3.8) is 0 Å². The van der Waals surface area contributed by atoms with Crippen molar-refractivity contribution < 1.29 is 0 Å². The first-order valence-corrected chi connectivity index (χ1v) is 8.88. The van der Waals surface area contributed by atoms with E-state index in [1.807, 2.05) is 0 Å². The summed E-state index contributed by atoms with van der Waals surface area (Å²) in [6, 6.07) is 0. The third-order valence-corrected chi connectivity index (χ3v) is 6.30. The van der Waals surface area contributed by atoms with Crippen LogP contribution in [0.1, 0.15) is 64.7 Å². The van der Waals surface area contributed by atoms with Crippen LogP contribution >= 0.6 is 11.6 Å². The van der Waals surface area contributed by atoms with Gasteiger partial charge in [-0.2, -0.15) is 0 Å². The van der Waals surface area contributed by atoms with Crippen LogP contribution in [-0.4, -0.2) is 35.6 Å². The largest absolute Gasteiger partial charge is 0.308 e. The van der Waals surface area contributed by atoms with Gasteiger partial charge < -0.3 is 5.32 Å². The van der Waals surface area contributed by atoms with E-state index in [4.69, 9.17) is 11.6 Å². The number of nitrogens with zero attached hydrogens (tertiary/aromatic N) is 1. The van der Waals surface area contributed by atoms with Gasteiger partial charge in [0.1, 0.15) is 0 Å². The lowest BCUT2D eigenvalue weighted by atomic mass is 9.76. The van der Waals surface area contributed by atoms with Gasteiger partial charge in [0.25, 0.3) is 0 Å². The van der Waals surface area contributed by atoms with E-state index in [9.17, 15) is 0 Å². The summed E-state index contributed by atoms with van der Waals surface area (Å²) >= 11 is 5.95. The second-order valence-corrected chi connectivity index (χ2v) is 7.66. The molecule has 2 nitrogen and oxygen atoms in total. The average molecular weight is 297 g/mol. The fourth-order valence-corrected chi connectivity index (χ4v) is 4.77. The Bertz CT molecular complexity index is 365. The zero-order valence-electron chi connectivity index (χ0n) is 12.9. The fourth-order valence-electron chi connectivity index (χ4n) is 4.70. The number of nitrogens with one attached hydrogen (secondary N) is 1. The Kier molecular flexibility index (Phi) is 4.45. The van der Waals surface area contributed by atoms with E-state index in [-0.39, 0.29) is 0 Å². The molecule has 0 aromatic rings. The average Bonchev–Trinajstić information content (AvgIpc) is 2.93. The van der Waals surface area contributed by atoms with Crippen LogP contribution in [0.15, 0.2) is 11.1 Å². The third-order valence-electron chi connectivity index (χ3n) is 5.93. The van der Waals surface area contributed by atoms with Crippen LogP contribution in [0.2, 0.25) is 0 Å². The van der Waals surface area contributed by atoms with Crippen molar-refractivity contribution in [3.05, 3.63) is 11.1 Å². The number of halogens is 1. The third kappa shape index (κ3) is 2.80. The lowest BCUT2D eigenvalue weighted by Crippen LogP contribution is -2.69. The van der Waals surface area contributed by atoms with E-state index in [1.54, 1.807) is 5.54 Å². The summed E-state index contributed by atoms with van der Waals surface area (Å²) in [5.41, 5.74) is 3.91. The predicted molar refractivity (Wildman–Crippen MR) is 86.2 cm³/mol. The zero-order chi connectivity index (χ0) is 14.1. The molecule has 3 aliphatic rings. The summed E-state index contributed by atoms with van der Waals surface area (Å²) in [6.45, 7) is 5.66. The highest BCUT2D eigenvalue weighted by molar-refractivity contribution is 6.25. The van der Waals surface area contributed by atoms with Crippen LogP contribution in [0.25, 0.3) is 0 Å². The molecule has 3 rings (SSSR count). The maximum Gasteiger partial charge on any atom is 0.0338 e. The predicted octanol–water partition coefficient (Wildman–Crippen LogP) is 4.05. The molecule has 2 aliphatic carbocycles. The van der Waals surface area contributed by atoms with Gasteiger partial charge in [-0.3, -0.25) is 4.90 Å². The number of rotatable bonds is 2. The maximum atomic E-state index is 5.95. The summed E-state index contributed by atoms with van der Waals surface area (Å²) in [6.07, 6.45) is 12.5. The van der Waals surface area contributed by atoms with Crippen LogP contribution < -0.4 is 5.32 Å². The monoisotopic (exact) mass is 296 g/mol. The standard InChI is InChI=1S/C17H29ClN2/c1-15(11-18)12-20-14-16(7-5-6-8-16)19-13-17(20)9-3-2-4-10-17/h11,19H,2-10,12-14H2,1H3. The van der Waals surface area contributed by atoms with Gasteiger partial charge in [-0.05, 0) is 38.2 Å². The molecule has 0 amide bonds. The minimum absolute atomic E-state index is 0.410. The van der Waals surface area contributed by atoms with Crippen molar-refractivity contribution in [2.24, 2.45) is 0 Å². The normalized spacial score (nSPS) is 30.2. The molecule has 2 saturated carbocycles. The summed E-state index contributed by atoms with van der Waals surface area (Å²) in [5, 5.41) is 3.98. The highest BCUT2D eigenvalue weighted by atomic mass is 35.5. The van der Waals surface area contributed by atoms with Crippen molar-refractivity contribution in [2.75, 3.05) is 19.6 Å². The summed E-state index contributed by atoms with van der Waals surface area (Å²) in [4.78, 5) is 2.79. The van der Waals surface area contributed by atoms with Gasteiger partial charge in [-0.1, -0.05) is 43.7 Å². The molecule has 1 heterocycles. The first-order valence-electron chi connectivity index (χ1n) is 8.44. The first kappa shape index (κ1) is 14.9. The number of piperazine rings is 1. The Morgan fingerprint density at radius 3 is 2.40 bits per heavy atom. The van der Waals surface area contributed by atoms with Gasteiger partial charge in [0.05, 0.1) is 0 Å². The molecule has 1 N–H and O–H groups in total. The van der Waals surface area contributed by atoms with Gasteiger partial charge in [0, 0.05) is 36.2 Å². The Labute approximate surface area is 128 Å². The highest BCUT2D eigenvalue weighted by Crippen LogP contribution is 2.41. The van der Waals surface area contributed by atoms with E-state index >= 15 is 0 Å². The molecule has 0 atom stereocenters. The molecule has 1 saturated heterocycles. The lowest BCUT2D eigenvalue weighted by Gasteiger charge is -2.55. The Balaban J connectivity index is 1.79. The van der Waals surface area contributed by atoms with E-state index < -0.39 is 0 Å². The van der Waals surface area contributed by atoms with Crippen LogP contribution in [0.4, 0.5) is 0 Å². The lowest BCUT2D eigenvalue weighted by molar-refractivity contribution is -0.0111. The Morgan fingerprint density at radius 2 is 1.75 bits per heavy atom. The van der Waals surface area contributed by atoms with Crippen LogP contribution in [0.5, 0.6) is 0 Å². The van der Waals surface area contributed by atoms with Crippen molar-refractivity contribution in [2.45, 2.75) is 75.8 Å². The van der Waals surface area contributed by atoms with Crippen molar-refractivity contribution in [1.29, 1.82) is 0 Å². The van der Waals surface area contributed by atoms with Crippen LogP contribution in [0, 0.1) is 0 Å². The van der Waals surface area contributed by atoms with E-state index in [0.717, 1.165) is 6.54 Å². The molecular weight excluding hydrogens is 268 g/mol. The molecule has 3 fully saturated rings. The molecule has 0 radical (unpaired) electrons. The second-order valence-electron chi connectivity index (χ2n) is 7.44. The smallest absolute Gasteiger partial charge is 0.0338 e. The minimum Gasteiger partial charge on any atom is -0.308 e. The molecule has 114 valence electrons. The van der Waals surface area contributed by atoms with Crippen LogP contribution in [-0.2, 0) is 0 Å². The second kappa shape index (κ2) is 5.98. The molecule has 0 bridgehead atoms. The summed E-state index contributed by atoms with van der Waals surface area (Å²) in [7, 11) is 0. The SMILES string of the molecule is CC(=CCl)CN1CC2(CCCC2)NCC12CCCCC2. The quantitative estimate of drug-likeness (QED) is 0.827. The summed E-state index contributed by atoms with van der Waals surface area (Å²) < 4.78 is 0. The Hall–Kier alpha value is -0.0500. The molecular formula is C17H29ClN2. The molecule has 2 spiro atoms. The fraction of sp³-hybridized carbons (Fsp3) is 0.882. The van der Waals surface area contributed by atoms with Crippen molar-refractivity contribution in [3.8, 4) is 0 Å². The zero-order valence-corrected chi connectivity index (χ0v) is 13.6. The van der Waals surface area contributed by atoms with Gasteiger partial charge in [0.2, 0.25) is 0 Å². The van der Waals surface area contributed by atoms with E-state index in [0.29, 0.717) is 11.1 Å². The maximum absolute atomic E-state index is 5.95. The Morgan fingerprint density at radius 1 is 1.10 bits per heavy atom. The van der Waals surface area contributed by atoms with E-state index in [1.165, 1.54) is 76.5 Å². The minimum atomic E-state index is 0.410. The molecule has 0 aromatic heterocycles. The molecule has 1 aliphatic heterocycles. The molecule has 20 heavy (non-hydrogen) atoms. The summed E-state index contributed by atoms with van der Waals surface area (Å²) in [5.74, 6) is 0. The topological polar surface area (TPSA) is 15.3 Å². The van der Waals surface area contributed by atoms with Crippen molar-refractivity contribution >= 4 is 11.6 Å².